The highest BCUT2D eigenvalue weighted by atomic mass is 15.1. The largest absolute Gasteiger partial charge is 0.334 e. The molecule has 0 saturated carbocycles. The van der Waals surface area contributed by atoms with Gasteiger partial charge in [0.25, 0.3) is 0 Å². The molecule has 0 fully saturated rings. The summed E-state index contributed by atoms with van der Waals surface area (Å²) in [5.41, 5.74) is 9.14. The van der Waals surface area contributed by atoms with Crippen LogP contribution in [0.5, 0.6) is 0 Å². The summed E-state index contributed by atoms with van der Waals surface area (Å²) >= 11 is 0. The molecule has 0 spiro atoms. The van der Waals surface area contributed by atoms with Crippen LogP contribution in [0.1, 0.15) is 18.9 Å². The third-order valence-electron chi connectivity index (χ3n) is 3.56. The first-order valence-corrected chi connectivity index (χ1v) is 6.42. The smallest absolute Gasteiger partial charge is 0.0955 e. The molecule has 1 aromatic heterocycles. The number of aromatic nitrogens is 2. The quantitative estimate of drug-likeness (QED) is 0.874. The van der Waals surface area contributed by atoms with Crippen molar-refractivity contribution in [1.82, 2.24) is 14.5 Å². The standard InChI is InChI=1S/C14H22N4/c1-11(6-7-15)17(2)9-12-4-5-14-13(8-12)16-10-18(14)3/h4-5,8,10-11H,6-7,9,15H2,1-3H3. The molecule has 0 amide bonds. The zero-order chi connectivity index (χ0) is 13.1. The van der Waals surface area contributed by atoms with Crippen LogP contribution in [0.15, 0.2) is 24.5 Å². The maximum Gasteiger partial charge on any atom is 0.0955 e. The van der Waals surface area contributed by atoms with E-state index in [1.54, 1.807) is 0 Å². The molecule has 2 N–H and O–H groups in total. The highest BCUT2D eigenvalue weighted by Gasteiger charge is 2.09. The number of rotatable bonds is 5. The van der Waals surface area contributed by atoms with Crippen molar-refractivity contribution in [2.45, 2.75) is 25.9 Å². The molecule has 2 rings (SSSR count). The minimum absolute atomic E-state index is 0.509. The fourth-order valence-electron chi connectivity index (χ4n) is 2.19. The van der Waals surface area contributed by atoms with Crippen LogP contribution in [0.2, 0.25) is 0 Å². The molecular weight excluding hydrogens is 224 g/mol. The maximum atomic E-state index is 5.60. The SMILES string of the molecule is CC(CCN)N(C)Cc1ccc2c(c1)ncn2C. The lowest BCUT2D eigenvalue weighted by molar-refractivity contribution is 0.240. The van der Waals surface area contributed by atoms with Gasteiger partial charge in [-0.1, -0.05) is 6.07 Å². The maximum absolute atomic E-state index is 5.60. The van der Waals surface area contributed by atoms with E-state index in [2.05, 4.69) is 42.1 Å². The van der Waals surface area contributed by atoms with E-state index in [9.17, 15) is 0 Å². The highest BCUT2D eigenvalue weighted by molar-refractivity contribution is 5.75. The molecule has 0 radical (unpaired) electrons. The number of hydrogen-bond donors (Lipinski definition) is 1. The Bertz CT molecular complexity index is 517. The molecule has 98 valence electrons. The molecule has 18 heavy (non-hydrogen) atoms. The van der Waals surface area contributed by atoms with Crippen molar-refractivity contribution in [2.24, 2.45) is 12.8 Å². The number of nitrogens with zero attached hydrogens (tertiary/aromatic N) is 3. The second-order valence-corrected chi connectivity index (χ2v) is 5.02. The van der Waals surface area contributed by atoms with Gasteiger partial charge in [-0.3, -0.25) is 4.90 Å². The van der Waals surface area contributed by atoms with E-state index in [0.717, 1.165) is 25.0 Å². The van der Waals surface area contributed by atoms with Crippen molar-refractivity contribution in [2.75, 3.05) is 13.6 Å². The first-order valence-electron chi connectivity index (χ1n) is 6.42. The lowest BCUT2D eigenvalue weighted by atomic mass is 10.1. The Morgan fingerprint density at radius 1 is 1.44 bits per heavy atom. The van der Waals surface area contributed by atoms with Crippen molar-refractivity contribution >= 4 is 11.0 Å². The molecule has 0 aliphatic rings. The van der Waals surface area contributed by atoms with Crippen LogP contribution in [-0.2, 0) is 13.6 Å². The Morgan fingerprint density at radius 3 is 2.94 bits per heavy atom. The summed E-state index contributed by atoms with van der Waals surface area (Å²) in [6, 6.07) is 6.99. The third kappa shape index (κ3) is 2.71. The van der Waals surface area contributed by atoms with Gasteiger partial charge in [-0.2, -0.15) is 0 Å². The number of nitrogens with two attached hydrogens (primary N) is 1. The second kappa shape index (κ2) is 5.50. The average molecular weight is 246 g/mol. The number of imidazole rings is 1. The Morgan fingerprint density at radius 2 is 2.22 bits per heavy atom. The number of benzene rings is 1. The van der Waals surface area contributed by atoms with Crippen molar-refractivity contribution in [3.63, 3.8) is 0 Å². The van der Waals surface area contributed by atoms with Gasteiger partial charge in [0, 0.05) is 19.6 Å². The molecule has 1 atom stereocenters. The van der Waals surface area contributed by atoms with E-state index in [1.165, 1.54) is 11.1 Å². The van der Waals surface area contributed by atoms with Crippen molar-refractivity contribution < 1.29 is 0 Å². The number of aryl methyl sites for hydroxylation is 1. The van der Waals surface area contributed by atoms with E-state index in [1.807, 2.05) is 17.9 Å². The molecule has 1 heterocycles. The predicted octanol–water partition coefficient (Wildman–Crippen LogP) is 1.74. The van der Waals surface area contributed by atoms with Gasteiger partial charge < -0.3 is 10.3 Å². The van der Waals surface area contributed by atoms with Crippen LogP contribution in [0.25, 0.3) is 11.0 Å². The molecule has 0 saturated heterocycles. The van der Waals surface area contributed by atoms with Gasteiger partial charge in [0.2, 0.25) is 0 Å². The molecule has 1 unspecified atom stereocenters. The summed E-state index contributed by atoms with van der Waals surface area (Å²) < 4.78 is 2.04. The van der Waals surface area contributed by atoms with Crippen LogP contribution < -0.4 is 5.73 Å². The minimum Gasteiger partial charge on any atom is -0.334 e. The summed E-state index contributed by atoms with van der Waals surface area (Å²) in [6.07, 6.45) is 2.89. The summed E-state index contributed by atoms with van der Waals surface area (Å²) in [5, 5.41) is 0. The molecule has 2 aromatic rings. The third-order valence-corrected chi connectivity index (χ3v) is 3.56. The van der Waals surface area contributed by atoms with Gasteiger partial charge in [-0.15, -0.1) is 0 Å². The van der Waals surface area contributed by atoms with Gasteiger partial charge in [0.15, 0.2) is 0 Å². The lowest BCUT2D eigenvalue weighted by Gasteiger charge is -2.24. The van der Waals surface area contributed by atoms with Crippen molar-refractivity contribution in [3.8, 4) is 0 Å². The van der Waals surface area contributed by atoms with Gasteiger partial charge in [0.05, 0.1) is 17.4 Å². The zero-order valence-corrected chi connectivity index (χ0v) is 11.4. The van der Waals surface area contributed by atoms with E-state index in [-0.39, 0.29) is 0 Å². The zero-order valence-electron chi connectivity index (χ0n) is 11.4. The van der Waals surface area contributed by atoms with Gasteiger partial charge >= 0.3 is 0 Å². The Hall–Kier alpha value is -1.39. The van der Waals surface area contributed by atoms with E-state index < -0.39 is 0 Å². The number of fused-ring (bicyclic) bond motifs is 1. The van der Waals surface area contributed by atoms with Crippen LogP contribution in [0, 0.1) is 0 Å². The Labute approximate surface area is 108 Å². The molecule has 0 aliphatic heterocycles. The second-order valence-electron chi connectivity index (χ2n) is 5.02. The monoisotopic (exact) mass is 246 g/mol. The Balaban J connectivity index is 2.12. The first-order chi connectivity index (χ1) is 8.61. The normalized spacial score (nSPS) is 13.4. The van der Waals surface area contributed by atoms with Gasteiger partial charge in [0.1, 0.15) is 0 Å². The fraction of sp³-hybridized carbons (Fsp3) is 0.500. The number of hydrogen-bond acceptors (Lipinski definition) is 3. The first kappa shape index (κ1) is 13.1. The summed E-state index contributed by atoms with van der Waals surface area (Å²) in [7, 11) is 4.16. The van der Waals surface area contributed by atoms with E-state index in [4.69, 9.17) is 5.73 Å². The molecule has 0 bridgehead atoms. The fourth-order valence-corrected chi connectivity index (χ4v) is 2.19. The van der Waals surface area contributed by atoms with Crippen molar-refractivity contribution in [3.05, 3.63) is 30.1 Å². The van der Waals surface area contributed by atoms with Crippen LogP contribution >= 0.6 is 0 Å². The molecule has 4 nitrogen and oxygen atoms in total. The minimum atomic E-state index is 0.509. The predicted molar refractivity (Wildman–Crippen MR) is 75.3 cm³/mol. The summed E-state index contributed by atoms with van der Waals surface area (Å²) in [5.74, 6) is 0. The molecule has 0 aliphatic carbocycles. The average Bonchev–Trinajstić information content (AvgIpc) is 2.71. The van der Waals surface area contributed by atoms with E-state index in [0.29, 0.717) is 6.04 Å². The van der Waals surface area contributed by atoms with Crippen LogP contribution in [0.3, 0.4) is 0 Å². The highest BCUT2D eigenvalue weighted by Crippen LogP contribution is 2.16. The topological polar surface area (TPSA) is 47.1 Å². The molecule has 1 aromatic carbocycles. The van der Waals surface area contributed by atoms with Gasteiger partial charge in [-0.25, -0.2) is 4.98 Å². The lowest BCUT2D eigenvalue weighted by Crippen LogP contribution is -2.30. The molecular formula is C14H22N4. The summed E-state index contributed by atoms with van der Waals surface area (Å²) in [6.45, 7) is 3.89. The van der Waals surface area contributed by atoms with Crippen molar-refractivity contribution in [1.29, 1.82) is 0 Å². The Kier molecular flexibility index (Phi) is 3.99. The van der Waals surface area contributed by atoms with Crippen LogP contribution in [-0.4, -0.2) is 34.1 Å². The molecule has 4 heteroatoms. The van der Waals surface area contributed by atoms with E-state index >= 15 is 0 Å². The van der Waals surface area contributed by atoms with Crippen LogP contribution in [0.4, 0.5) is 0 Å². The summed E-state index contributed by atoms with van der Waals surface area (Å²) in [4.78, 5) is 6.72. The van der Waals surface area contributed by atoms with Gasteiger partial charge in [-0.05, 0) is 44.6 Å².